The number of allylic oxidation sites excluding steroid dienone is 1. The van der Waals surface area contributed by atoms with Gasteiger partial charge in [0.25, 0.3) is 0 Å². The standard InChI is InChI=1S/C53H61N7O2S2/c1-4-31-58(36-29-54-50(61)25-13-15-32-59-46-21-9-11-23-48(46)63-52(59)38-40-27-34-56(2)44-19-7-5-17-42(40)44)37-30-55-51(62)26-14-16-33-60-47-22-10-12-24-49(47)64-53(60)39-41-28-35-57(3)45-20-8-6-18-43(41)45/h5-7,9-12,17-19,21-24,27-28,34-35,38-39H,4,8,13-16,20,25-26,29-33,36-37H2,1-3H3/p+2. The quantitative estimate of drug-likeness (QED) is 0.0597. The highest BCUT2D eigenvalue weighted by atomic mass is 32.2. The number of thioether (sulfide) groups is 2. The van der Waals surface area contributed by atoms with E-state index in [1.807, 2.05) is 23.5 Å². The highest BCUT2D eigenvalue weighted by Gasteiger charge is 2.27. The van der Waals surface area contributed by atoms with Crippen LogP contribution in [-0.4, -0.2) is 62.5 Å². The van der Waals surface area contributed by atoms with Crippen LogP contribution in [-0.2, 0) is 30.1 Å². The van der Waals surface area contributed by atoms with E-state index in [1.165, 1.54) is 64.5 Å². The highest BCUT2D eigenvalue weighted by molar-refractivity contribution is 8.04. The smallest absolute Gasteiger partial charge is 0.220 e. The molecule has 0 saturated heterocycles. The number of benzene rings is 3. The summed E-state index contributed by atoms with van der Waals surface area (Å²) in [6.45, 7) is 7.58. The van der Waals surface area contributed by atoms with Crippen LogP contribution in [0.2, 0.25) is 0 Å². The SMILES string of the molecule is CCCN(CCNC(=O)CCCCN1/C(=C/c2cc[n+](C)c3c2C=CCC3)Sc2ccccc21)CCNC(=O)CCCCN1/C(=C/c2cc[n+](C)c3ccccc23)Sc2ccccc21. The van der Waals surface area contributed by atoms with Crippen molar-refractivity contribution in [3.8, 4) is 0 Å². The lowest BCUT2D eigenvalue weighted by Gasteiger charge is -2.22. The fraction of sp³-hybridized carbons (Fsp3) is 0.358. The van der Waals surface area contributed by atoms with Gasteiger partial charge in [0.1, 0.15) is 14.1 Å². The van der Waals surface area contributed by atoms with E-state index in [9.17, 15) is 9.59 Å². The first-order valence-electron chi connectivity index (χ1n) is 23.2. The molecule has 4 heterocycles. The summed E-state index contributed by atoms with van der Waals surface area (Å²) in [5, 5.41) is 10.0. The number of anilines is 2. The highest BCUT2D eigenvalue weighted by Crippen LogP contribution is 2.48. The molecule has 9 nitrogen and oxygen atoms in total. The molecule has 0 bridgehead atoms. The molecule has 1 aliphatic carbocycles. The third-order valence-corrected chi connectivity index (χ3v) is 14.6. The average molecular weight is 894 g/mol. The molecule has 2 N–H and O–H groups in total. The summed E-state index contributed by atoms with van der Waals surface area (Å²) in [5.41, 5.74) is 8.86. The van der Waals surface area contributed by atoms with Crippen molar-refractivity contribution in [3.05, 3.63) is 136 Å². The molecular formula is C53H63N7O2S2+2. The van der Waals surface area contributed by atoms with Gasteiger partial charge in [0, 0.05) is 92.1 Å². The Morgan fingerprint density at radius 2 is 1.25 bits per heavy atom. The Bertz CT molecular complexity index is 2550. The predicted octanol–water partition coefficient (Wildman–Crippen LogP) is 9.25. The van der Waals surface area contributed by atoms with Gasteiger partial charge >= 0.3 is 0 Å². The summed E-state index contributed by atoms with van der Waals surface area (Å²) in [4.78, 5) is 35.6. The molecule has 8 rings (SSSR count). The lowest BCUT2D eigenvalue weighted by molar-refractivity contribution is -0.679. The maximum Gasteiger partial charge on any atom is 0.220 e. The van der Waals surface area contributed by atoms with Gasteiger partial charge < -0.3 is 20.4 Å². The summed E-state index contributed by atoms with van der Waals surface area (Å²) < 4.78 is 4.41. The Labute approximate surface area is 388 Å². The minimum Gasteiger partial charge on any atom is -0.355 e. The number of hydrogen-bond acceptors (Lipinski definition) is 7. The van der Waals surface area contributed by atoms with Gasteiger partial charge in [-0.05, 0) is 98.7 Å². The molecule has 0 spiro atoms. The molecule has 3 aromatic carbocycles. The number of aryl methyl sites for hydroxylation is 2. The van der Waals surface area contributed by atoms with Crippen molar-refractivity contribution in [3.63, 3.8) is 0 Å². The maximum atomic E-state index is 12.9. The molecule has 0 atom stereocenters. The largest absolute Gasteiger partial charge is 0.355 e. The van der Waals surface area contributed by atoms with Gasteiger partial charge in [-0.25, -0.2) is 9.13 Å². The zero-order valence-electron chi connectivity index (χ0n) is 37.7. The summed E-state index contributed by atoms with van der Waals surface area (Å²) in [6.07, 6.45) is 21.2. The Balaban J connectivity index is 0.743. The molecule has 2 amide bonds. The minimum absolute atomic E-state index is 0.101. The van der Waals surface area contributed by atoms with Crippen LogP contribution in [0.3, 0.4) is 0 Å². The van der Waals surface area contributed by atoms with Crippen LogP contribution in [0.4, 0.5) is 11.4 Å². The van der Waals surface area contributed by atoms with Crippen LogP contribution < -0.4 is 29.6 Å². The normalized spacial score (nSPS) is 15.3. The van der Waals surface area contributed by atoms with Crippen molar-refractivity contribution in [2.75, 3.05) is 55.6 Å². The van der Waals surface area contributed by atoms with E-state index < -0.39 is 0 Å². The third-order valence-electron chi connectivity index (χ3n) is 12.4. The summed E-state index contributed by atoms with van der Waals surface area (Å²) >= 11 is 3.65. The van der Waals surface area contributed by atoms with Crippen LogP contribution >= 0.6 is 23.5 Å². The van der Waals surface area contributed by atoms with Gasteiger partial charge in [0.2, 0.25) is 17.3 Å². The summed E-state index contributed by atoms with van der Waals surface area (Å²) in [5.74, 6) is 0.206. The Morgan fingerprint density at radius 3 is 1.89 bits per heavy atom. The predicted molar refractivity (Wildman–Crippen MR) is 266 cm³/mol. The van der Waals surface area contributed by atoms with Gasteiger partial charge in [-0.15, -0.1) is 0 Å². The molecule has 3 aliphatic rings. The summed E-state index contributed by atoms with van der Waals surface area (Å²) in [6, 6.07) is 30.2. The topological polar surface area (TPSA) is 75.7 Å². The molecule has 332 valence electrons. The Hall–Kier alpha value is -5.36. The number of fused-ring (bicyclic) bond motifs is 4. The van der Waals surface area contributed by atoms with E-state index in [0.717, 1.165) is 77.7 Å². The summed E-state index contributed by atoms with van der Waals surface area (Å²) in [7, 11) is 4.23. The van der Waals surface area contributed by atoms with E-state index in [-0.39, 0.29) is 11.8 Å². The molecule has 2 aliphatic heterocycles. The number of aromatic nitrogens is 2. The maximum absolute atomic E-state index is 12.9. The second-order valence-corrected chi connectivity index (χ2v) is 19.1. The van der Waals surface area contributed by atoms with Gasteiger partial charge in [-0.2, -0.15) is 0 Å². The van der Waals surface area contributed by atoms with E-state index in [2.05, 4.69) is 177 Å². The van der Waals surface area contributed by atoms with Crippen molar-refractivity contribution >= 4 is 75.8 Å². The lowest BCUT2D eigenvalue weighted by atomic mass is 9.97. The van der Waals surface area contributed by atoms with E-state index in [1.54, 1.807) is 0 Å². The Morgan fingerprint density at radius 1 is 0.688 bits per heavy atom. The first-order chi connectivity index (χ1) is 31.4. The first kappa shape index (κ1) is 45.2. The lowest BCUT2D eigenvalue weighted by Crippen LogP contribution is -2.40. The molecule has 2 aromatic heterocycles. The molecule has 64 heavy (non-hydrogen) atoms. The van der Waals surface area contributed by atoms with E-state index in [4.69, 9.17) is 0 Å². The number of carbonyl (C=O) groups is 2. The molecular weight excluding hydrogens is 831 g/mol. The van der Waals surface area contributed by atoms with Crippen LogP contribution in [0.15, 0.2) is 123 Å². The Kier molecular flexibility index (Phi) is 15.6. The number of pyridine rings is 2. The average Bonchev–Trinajstić information content (AvgIpc) is 3.85. The molecule has 0 radical (unpaired) electrons. The number of carbonyl (C=O) groups excluding carboxylic acids is 2. The zero-order valence-corrected chi connectivity index (χ0v) is 39.4. The second kappa shape index (κ2) is 22.0. The van der Waals surface area contributed by atoms with Gasteiger partial charge in [-0.3, -0.25) is 14.5 Å². The van der Waals surface area contributed by atoms with Crippen LogP contribution in [0.25, 0.3) is 29.1 Å². The van der Waals surface area contributed by atoms with Crippen molar-refractivity contribution in [1.82, 2.24) is 15.5 Å². The van der Waals surface area contributed by atoms with Crippen molar-refractivity contribution in [1.29, 1.82) is 0 Å². The zero-order chi connectivity index (χ0) is 44.3. The monoisotopic (exact) mass is 893 g/mol. The fourth-order valence-corrected chi connectivity index (χ4v) is 11.3. The molecule has 0 unspecified atom stereocenters. The van der Waals surface area contributed by atoms with Gasteiger partial charge in [0.05, 0.1) is 26.8 Å². The number of nitrogens with zero attached hydrogens (tertiary/aromatic N) is 5. The third kappa shape index (κ3) is 11.1. The van der Waals surface area contributed by atoms with Crippen molar-refractivity contribution < 1.29 is 18.7 Å². The van der Waals surface area contributed by atoms with Crippen molar-refractivity contribution in [2.24, 2.45) is 14.1 Å². The number of rotatable bonds is 20. The van der Waals surface area contributed by atoms with Crippen molar-refractivity contribution in [2.45, 2.75) is 74.5 Å². The number of amides is 2. The fourth-order valence-electron chi connectivity index (χ4n) is 8.99. The first-order valence-corrected chi connectivity index (χ1v) is 24.8. The van der Waals surface area contributed by atoms with Gasteiger partial charge in [0.15, 0.2) is 18.1 Å². The number of nitrogens with one attached hydrogen (secondary N) is 2. The van der Waals surface area contributed by atoms with E-state index >= 15 is 0 Å². The molecule has 0 saturated carbocycles. The van der Waals surface area contributed by atoms with E-state index in [0.29, 0.717) is 25.9 Å². The molecule has 11 heteroatoms. The molecule has 0 fully saturated rings. The second-order valence-electron chi connectivity index (χ2n) is 16.9. The minimum atomic E-state index is 0.101. The van der Waals surface area contributed by atoms with Crippen LogP contribution in [0.1, 0.15) is 80.7 Å². The number of hydrogen-bond donors (Lipinski definition) is 2. The van der Waals surface area contributed by atoms with Gasteiger partial charge in [-0.1, -0.05) is 79.0 Å². The van der Waals surface area contributed by atoms with Crippen LogP contribution in [0.5, 0.6) is 0 Å². The number of unbranched alkanes of at least 4 members (excludes halogenated alkanes) is 2. The molecule has 5 aromatic rings. The van der Waals surface area contributed by atoms with Crippen LogP contribution in [0, 0.1) is 0 Å². The number of para-hydroxylation sites is 3.